The lowest BCUT2D eigenvalue weighted by molar-refractivity contribution is 0.186. The van der Waals surface area contributed by atoms with Crippen LogP contribution in [0.15, 0.2) is 23.1 Å². The van der Waals surface area contributed by atoms with Crippen LogP contribution in [0, 0.1) is 18.3 Å². The molecule has 0 aromatic heterocycles. The predicted octanol–water partition coefficient (Wildman–Crippen LogP) is 0.916. The molecule has 0 spiro atoms. The standard InChI is InChI=1S/C12H16N2O3S/c1-9-3-4-11(8-13)7-12(9)18(16,17)14-6-5-10(2)15/h3-4,7,10,14-15H,5-6H2,1-2H3. The summed E-state index contributed by atoms with van der Waals surface area (Å²) in [4.78, 5) is 0.104. The summed E-state index contributed by atoms with van der Waals surface area (Å²) in [7, 11) is -3.63. The monoisotopic (exact) mass is 268 g/mol. The van der Waals surface area contributed by atoms with Crippen molar-refractivity contribution < 1.29 is 13.5 Å². The van der Waals surface area contributed by atoms with Crippen LogP contribution in [0.3, 0.4) is 0 Å². The Bertz CT molecular complexity index is 559. The zero-order valence-electron chi connectivity index (χ0n) is 10.3. The van der Waals surface area contributed by atoms with Gasteiger partial charge in [0.2, 0.25) is 10.0 Å². The lowest BCUT2D eigenvalue weighted by atomic mass is 10.2. The number of aliphatic hydroxyl groups excluding tert-OH is 1. The Morgan fingerprint density at radius 1 is 1.50 bits per heavy atom. The highest BCUT2D eigenvalue weighted by molar-refractivity contribution is 7.89. The van der Waals surface area contributed by atoms with E-state index in [4.69, 9.17) is 10.4 Å². The van der Waals surface area contributed by atoms with E-state index in [1.165, 1.54) is 6.07 Å². The van der Waals surface area contributed by atoms with Crippen molar-refractivity contribution in [2.24, 2.45) is 0 Å². The van der Waals surface area contributed by atoms with Crippen molar-refractivity contribution in [3.05, 3.63) is 29.3 Å². The number of aryl methyl sites for hydroxylation is 1. The van der Waals surface area contributed by atoms with Gasteiger partial charge in [0.1, 0.15) is 0 Å². The number of rotatable bonds is 5. The first-order chi connectivity index (χ1) is 8.36. The van der Waals surface area contributed by atoms with Crippen LogP contribution < -0.4 is 4.72 Å². The molecule has 0 aliphatic carbocycles. The van der Waals surface area contributed by atoms with E-state index >= 15 is 0 Å². The first kappa shape index (κ1) is 14.6. The maximum Gasteiger partial charge on any atom is 0.240 e. The summed E-state index contributed by atoms with van der Waals surface area (Å²) in [6, 6.07) is 6.43. The van der Waals surface area contributed by atoms with Crippen molar-refractivity contribution in [1.29, 1.82) is 5.26 Å². The summed E-state index contributed by atoms with van der Waals surface area (Å²) < 4.78 is 26.4. The molecule has 0 aliphatic rings. The smallest absolute Gasteiger partial charge is 0.240 e. The van der Waals surface area contributed by atoms with E-state index in [2.05, 4.69) is 4.72 Å². The molecule has 1 atom stereocenters. The molecule has 6 heteroatoms. The maximum atomic E-state index is 12.0. The zero-order valence-corrected chi connectivity index (χ0v) is 11.2. The molecule has 0 aliphatic heterocycles. The van der Waals surface area contributed by atoms with Crippen LogP contribution in [0.4, 0.5) is 0 Å². The van der Waals surface area contributed by atoms with Gasteiger partial charge >= 0.3 is 0 Å². The molecule has 98 valence electrons. The quantitative estimate of drug-likeness (QED) is 0.830. The molecular weight excluding hydrogens is 252 g/mol. The summed E-state index contributed by atoms with van der Waals surface area (Å²) in [5.74, 6) is 0. The lowest BCUT2D eigenvalue weighted by Gasteiger charge is -2.10. The van der Waals surface area contributed by atoms with Gasteiger partial charge in [-0.15, -0.1) is 0 Å². The molecular formula is C12H16N2O3S. The van der Waals surface area contributed by atoms with E-state index in [-0.39, 0.29) is 11.4 Å². The van der Waals surface area contributed by atoms with Gasteiger partial charge in [-0.1, -0.05) is 6.07 Å². The highest BCUT2D eigenvalue weighted by atomic mass is 32.2. The minimum Gasteiger partial charge on any atom is -0.393 e. The number of sulfonamides is 1. The van der Waals surface area contributed by atoms with Crippen LogP contribution in [-0.2, 0) is 10.0 Å². The van der Waals surface area contributed by atoms with Gasteiger partial charge < -0.3 is 5.11 Å². The Balaban J connectivity index is 2.95. The fourth-order valence-corrected chi connectivity index (χ4v) is 2.76. The largest absolute Gasteiger partial charge is 0.393 e. The van der Waals surface area contributed by atoms with Crippen LogP contribution in [0.25, 0.3) is 0 Å². The molecule has 0 heterocycles. The van der Waals surface area contributed by atoms with Gasteiger partial charge in [-0.3, -0.25) is 0 Å². The van der Waals surface area contributed by atoms with E-state index in [1.54, 1.807) is 26.0 Å². The van der Waals surface area contributed by atoms with Gasteiger partial charge in [-0.2, -0.15) is 5.26 Å². The molecule has 0 amide bonds. The minimum atomic E-state index is -3.63. The van der Waals surface area contributed by atoms with Crippen LogP contribution in [-0.4, -0.2) is 26.2 Å². The molecule has 1 aromatic carbocycles. The molecule has 0 bridgehead atoms. The molecule has 1 rings (SSSR count). The SMILES string of the molecule is Cc1ccc(C#N)cc1S(=O)(=O)NCCC(C)O. The van der Waals surface area contributed by atoms with Gasteiger partial charge in [0.15, 0.2) is 0 Å². The maximum absolute atomic E-state index is 12.0. The zero-order chi connectivity index (χ0) is 13.8. The Hall–Kier alpha value is -1.42. The van der Waals surface area contributed by atoms with E-state index in [0.29, 0.717) is 17.5 Å². The second-order valence-corrected chi connectivity index (χ2v) is 5.86. The number of benzene rings is 1. The van der Waals surface area contributed by atoms with Crippen molar-refractivity contribution in [3.8, 4) is 6.07 Å². The van der Waals surface area contributed by atoms with E-state index in [1.807, 2.05) is 6.07 Å². The van der Waals surface area contributed by atoms with Crippen molar-refractivity contribution in [2.45, 2.75) is 31.3 Å². The van der Waals surface area contributed by atoms with Gasteiger partial charge in [-0.05, 0) is 38.0 Å². The summed E-state index contributed by atoms with van der Waals surface area (Å²) >= 11 is 0. The molecule has 18 heavy (non-hydrogen) atoms. The third-order valence-corrected chi connectivity index (χ3v) is 4.06. The van der Waals surface area contributed by atoms with Gasteiger partial charge in [-0.25, -0.2) is 13.1 Å². The van der Waals surface area contributed by atoms with Gasteiger partial charge in [0.25, 0.3) is 0 Å². The highest BCUT2D eigenvalue weighted by Crippen LogP contribution is 2.16. The third kappa shape index (κ3) is 3.81. The number of nitriles is 1. The number of hydrogen-bond donors (Lipinski definition) is 2. The molecule has 0 saturated heterocycles. The topological polar surface area (TPSA) is 90.2 Å². The second kappa shape index (κ2) is 5.96. The summed E-state index contributed by atoms with van der Waals surface area (Å²) in [5.41, 5.74) is 0.884. The van der Waals surface area contributed by atoms with Crippen LogP contribution in [0.1, 0.15) is 24.5 Å². The fourth-order valence-electron chi connectivity index (χ4n) is 1.44. The molecule has 0 saturated carbocycles. The number of nitrogens with zero attached hydrogens (tertiary/aromatic N) is 1. The Morgan fingerprint density at radius 3 is 2.72 bits per heavy atom. The predicted molar refractivity (Wildman–Crippen MR) is 67.4 cm³/mol. The van der Waals surface area contributed by atoms with E-state index in [9.17, 15) is 8.42 Å². The summed E-state index contributed by atoms with van der Waals surface area (Å²) in [6.45, 7) is 3.43. The first-order valence-electron chi connectivity index (χ1n) is 5.55. The molecule has 1 aromatic rings. The molecule has 5 nitrogen and oxygen atoms in total. The van der Waals surface area contributed by atoms with Crippen LogP contribution >= 0.6 is 0 Å². The number of nitrogens with one attached hydrogen (secondary N) is 1. The minimum absolute atomic E-state index is 0.104. The summed E-state index contributed by atoms with van der Waals surface area (Å²) in [5, 5.41) is 17.8. The Morgan fingerprint density at radius 2 is 2.17 bits per heavy atom. The van der Waals surface area contributed by atoms with Crippen molar-refractivity contribution in [3.63, 3.8) is 0 Å². The number of aliphatic hydroxyl groups is 1. The number of hydrogen-bond acceptors (Lipinski definition) is 4. The highest BCUT2D eigenvalue weighted by Gasteiger charge is 2.17. The van der Waals surface area contributed by atoms with Gasteiger partial charge in [0, 0.05) is 6.54 Å². The normalized spacial score (nSPS) is 13.0. The van der Waals surface area contributed by atoms with Crippen LogP contribution in [0.2, 0.25) is 0 Å². The average Bonchev–Trinajstić information content (AvgIpc) is 2.28. The van der Waals surface area contributed by atoms with Crippen LogP contribution in [0.5, 0.6) is 0 Å². The van der Waals surface area contributed by atoms with E-state index in [0.717, 1.165) is 0 Å². The van der Waals surface area contributed by atoms with Crippen molar-refractivity contribution in [1.82, 2.24) is 4.72 Å². The first-order valence-corrected chi connectivity index (χ1v) is 7.03. The summed E-state index contributed by atoms with van der Waals surface area (Å²) in [6.07, 6.45) is -0.213. The van der Waals surface area contributed by atoms with Crippen molar-refractivity contribution in [2.75, 3.05) is 6.54 Å². The molecule has 1 unspecified atom stereocenters. The average molecular weight is 268 g/mol. The molecule has 2 N–H and O–H groups in total. The molecule has 0 radical (unpaired) electrons. The van der Waals surface area contributed by atoms with E-state index < -0.39 is 16.1 Å². The third-order valence-electron chi connectivity index (χ3n) is 2.46. The Labute approximate surface area is 107 Å². The van der Waals surface area contributed by atoms with Crippen molar-refractivity contribution >= 4 is 10.0 Å². The second-order valence-electron chi connectivity index (χ2n) is 4.13. The Kier molecular flexibility index (Phi) is 4.84. The van der Waals surface area contributed by atoms with Gasteiger partial charge in [0.05, 0.1) is 22.6 Å². The lowest BCUT2D eigenvalue weighted by Crippen LogP contribution is -2.27. The fraction of sp³-hybridized carbons (Fsp3) is 0.417. The molecule has 0 fully saturated rings.